The van der Waals surface area contributed by atoms with Crippen LogP contribution in [0, 0.1) is 5.82 Å². The Morgan fingerprint density at radius 3 is 2.67 bits per heavy atom. The fourth-order valence-corrected chi connectivity index (χ4v) is 1.82. The molecule has 0 spiro atoms. The highest BCUT2D eigenvalue weighted by molar-refractivity contribution is 5.85. The second-order valence-corrected chi connectivity index (χ2v) is 4.92. The van der Waals surface area contributed by atoms with E-state index in [1.807, 2.05) is 31.2 Å². The van der Waals surface area contributed by atoms with E-state index in [4.69, 9.17) is 9.47 Å². The highest BCUT2D eigenvalue weighted by Crippen LogP contribution is 2.15. The lowest BCUT2D eigenvalue weighted by Gasteiger charge is -2.07. The zero-order chi connectivity index (χ0) is 17.2. The van der Waals surface area contributed by atoms with Gasteiger partial charge >= 0.3 is 0 Å². The number of para-hydroxylation sites is 1. The van der Waals surface area contributed by atoms with E-state index in [2.05, 4.69) is 10.5 Å². The molecule has 126 valence electrons. The van der Waals surface area contributed by atoms with Gasteiger partial charge in [0.05, 0.1) is 12.8 Å². The number of carbonyl (C=O) groups excluding carboxylic acids is 1. The molecule has 6 heteroatoms. The lowest BCUT2D eigenvalue weighted by molar-refractivity contribution is -0.123. The Balaban J connectivity index is 1.82. The predicted molar refractivity (Wildman–Crippen MR) is 89.9 cm³/mol. The second kappa shape index (κ2) is 9.29. The molecule has 24 heavy (non-hydrogen) atoms. The molecule has 0 aliphatic heterocycles. The van der Waals surface area contributed by atoms with Gasteiger partial charge in [0.2, 0.25) is 0 Å². The van der Waals surface area contributed by atoms with Gasteiger partial charge in [0.15, 0.2) is 6.61 Å². The largest absolute Gasteiger partial charge is 0.493 e. The van der Waals surface area contributed by atoms with Crippen LogP contribution in [-0.4, -0.2) is 25.3 Å². The van der Waals surface area contributed by atoms with Crippen molar-refractivity contribution in [1.29, 1.82) is 0 Å². The van der Waals surface area contributed by atoms with Crippen LogP contribution in [0.25, 0.3) is 0 Å². The Hall–Kier alpha value is -2.89. The lowest BCUT2D eigenvalue weighted by atomic mass is 10.2. The first-order chi connectivity index (χ1) is 11.7. The van der Waals surface area contributed by atoms with Crippen molar-refractivity contribution in [2.75, 3.05) is 13.2 Å². The third-order valence-corrected chi connectivity index (χ3v) is 2.96. The number of rotatable bonds is 8. The number of nitrogens with zero attached hydrogens (tertiary/aromatic N) is 1. The van der Waals surface area contributed by atoms with Crippen molar-refractivity contribution in [3.05, 3.63) is 59.9 Å². The van der Waals surface area contributed by atoms with Gasteiger partial charge in [-0.15, -0.1) is 0 Å². The third kappa shape index (κ3) is 5.72. The molecule has 0 aromatic heterocycles. The summed E-state index contributed by atoms with van der Waals surface area (Å²) in [5.41, 5.74) is 3.14. The van der Waals surface area contributed by atoms with Crippen molar-refractivity contribution in [2.45, 2.75) is 13.3 Å². The maximum atomic E-state index is 12.8. The van der Waals surface area contributed by atoms with Crippen LogP contribution in [0.4, 0.5) is 4.39 Å². The molecular formula is C18H19FN2O3. The highest BCUT2D eigenvalue weighted by atomic mass is 19.1. The molecule has 2 aromatic rings. The molecule has 0 saturated carbocycles. The molecular weight excluding hydrogens is 311 g/mol. The van der Waals surface area contributed by atoms with E-state index in [-0.39, 0.29) is 12.4 Å². The molecule has 0 saturated heterocycles. The second-order valence-electron chi connectivity index (χ2n) is 4.92. The number of benzene rings is 2. The number of amides is 1. The van der Waals surface area contributed by atoms with Crippen LogP contribution in [0.15, 0.2) is 53.6 Å². The summed E-state index contributed by atoms with van der Waals surface area (Å²) in [4.78, 5) is 11.7. The topological polar surface area (TPSA) is 59.9 Å². The van der Waals surface area contributed by atoms with Crippen LogP contribution >= 0.6 is 0 Å². The highest BCUT2D eigenvalue weighted by Gasteiger charge is 2.03. The van der Waals surface area contributed by atoms with Crippen molar-refractivity contribution in [2.24, 2.45) is 5.10 Å². The Labute approximate surface area is 140 Å². The van der Waals surface area contributed by atoms with Crippen LogP contribution in [0.2, 0.25) is 0 Å². The SMILES string of the molecule is CCCOc1ccccc1/C=N/NC(=O)COc1ccc(F)cc1. The number of hydrogen-bond donors (Lipinski definition) is 1. The molecule has 0 aliphatic carbocycles. The van der Waals surface area contributed by atoms with E-state index in [1.165, 1.54) is 30.5 Å². The van der Waals surface area contributed by atoms with Crippen molar-refractivity contribution in [3.63, 3.8) is 0 Å². The fraction of sp³-hybridized carbons (Fsp3) is 0.222. The van der Waals surface area contributed by atoms with E-state index >= 15 is 0 Å². The van der Waals surface area contributed by atoms with Crippen molar-refractivity contribution in [3.8, 4) is 11.5 Å². The average molecular weight is 330 g/mol. The monoisotopic (exact) mass is 330 g/mol. The quantitative estimate of drug-likeness (QED) is 0.597. The molecule has 0 heterocycles. The summed E-state index contributed by atoms with van der Waals surface area (Å²) >= 11 is 0. The van der Waals surface area contributed by atoms with Gasteiger partial charge in [0.25, 0.3) is 5.91 Å². The molecule has 0 unspecified atom stereocenters. The van der Waals surface area contributed by atoms with Crippen LogP contribution in [0.1, 0.15) is 18.9 Å². The van der Waals surface area contributed by atoms with Gasteiger partial charge in [-0.25, -0.2) is 9.82 Å². The standard InChI is InChI=1S/C18H19FN2O3/c1-2-11-23-17-6-4-3-5-14(17)12-20-21-18(22)13-24-16-9-7-15(19)8-10-16/h3-10,12H,2,11,13H2,1H3,(H,21,22)/b20-12+. The average Bonchev–Trinajstić information content (AvgIpc) is 2.60. The molecule has 0 radical (unpaired) electrons. The number of hydrazone groups is 1. The minimum absolute atomic E-state index is 0.211. The summed E-state index contributed by atoms with van der Waals surface area (Å²) in [5, 5.41) is 3.89. The maximum absolute atomic E-state index is 12.8. The molecule has 2 aromatic carbocycles. The van der Waals surface area contributed by atoms with Gasteiger partial charge in [-0.1, -0.05) is 19.1 Å². The zero-order valence-electron chi connectivity index (χ0n) is 13.4. The fourth-order valence-electron chi connectivity index (χ4n) is 1.82. The lowest BCUT2D eigenvalue weighted by Crippen LogP contribution is -2.24. The number of carbonyl (C=O) groups is 1. The summed E-state index contributed by atoms with van der Waals surface area (Å²) in [7, 11) is 0. The van der Waals surface area contributed by atoms with E-state index in [0.29, 0.717) is 18.1 Å². The van der Waals surface area contributed by atoms with Crippen LogP contribution in [0.3, 0.4) is 0 Å². The first kappa shape index (κ1) is 17.5. The summed E-state index contributed by atoms with van der Waals surface area (Å²) in [6.07, 6.45) is 2.42. The summed E-state index contributed by atoms with van der Waals surface area (Å²) < 4.78 is 23.6. The molecule has 0 fully saturated rings. The van der Waals surface area contributed by atoms with Gasteiger partial charge in [-0.2, -0.15) is 5.10 Å². The first-order valence-corrected chi connectivity index (χ1v) is 7.61. The van der Waals surface area contributed by atoms with Crippen molar-refractivity contribution < 1.29 is 18.7 Å². The Bertz CT molecular complexity index is 687. The molecule has 1 amide bonds. The smallest absolute Gasteiger partial charge is 0.277 e. The summed E-state index contributed by atoms with van der Waals surface area (Å²) in [5.74, 6) is 0.344. The normalized spacial score (nSPS) is 10.6. The van der Waals surface area contributed by atoms with E-state index in [0.717, 1.165) is 12.0 Å². The molecule has 0 aliphatic rings. The third-order valence-electron chi connectivity index (χ3n) is 2.96. The Morgan fingerprint density at radius 1 is 1.17 bits per heavy atom. The van der Waals surface area contributed by atoms with Gasteiger partial charge in [0, 0.05) is 5.56 Å². The Morgan fingerprint density at radius 2 is 1.92 bits per heavy atom. The number of ether oxygens (including phenoxy) is 2. The first-order valence-electron chi connectivity index (χ1n) is 7.61. The van der Waals surface area contributed by atoms with E-state index in [1.54, 1.807) is 0 Å². The van der Waals surface area contributed by atoms with Gasteiger partial charge in [0.1, 0.15) is 17.3 Å². The molecule has 0 bridgehead atoms. The zero-order valence-corrected chi connectivity index (χ0v) is 13.4. The van der Waals surface area contributed by atoms with Gasteiger partial charge in [-0.05, 0) is 42.8 Å². The molecule has 5 nitrogen and oxygen atoms in total. The van der Waals surface area contributed by atoms with Crippen molar-refractivity contribution >= 4 is 12.1 Å². The van der Waals surface area contributed by atoms with E-state index in [9.17, 15) is 9.18 Å². The minimum Gasteiger partial charge on any atom is -0.493 e. The molecule has 0 atom stereocenters. The number of halogens is 1. The number of hydrogen-bond acceptors (Lipinski definition) is 4. The maximum Gasteiger partial charge on any atom is 0.277 e. The Kier molecular flexibility index (Phi) is 6.76. The number of nitrogens with one attached hydrogen (secondary N) is 1. The van der Waals surface area contributed by atoms with Crippen LogP contribution < -0.4 is 14.9 Å². The molecule has 2 rings (SSSR count). The van der Waals surface area contributed by atoms with Gasteiger partial charge in [-0.3, -0.25) is 4.79 Å². The minimum atomic E-state index is -0.414. The molecule has 1 N–H and O–H groups in total. The summed E-state index contributed by atoms with van der Waals surface area (Å²) in [6.45, 7) is 2.43. The van der Waals surface area contributed by atoms with Crippen LogP contribution in [-0.2, 0) is 4.79 Å². The van der Waals surface area contributed by atoms with E-state index < -0.39 is 5.91 Å². The van der Waals surface area contributed by atoms with Gasteiger partial charge < -0.3 is 9.47 Å². The van der Waals surface area contributed by atoms with Crippen LogP contribution in [0.5, 0.6) is 11.5 Å². The van der Waals surface area contributed by atoms with Crippen molar-refractivity contribution in [1.82, 2.24) is 5.43 Å². The summed E-state index contributed by atoms with van der Waals surface area (Å²) in [6, 6.07) is 12.8. The predicted octanol–water partition coefficient (Wildman–Crippen LogP) is 3.14.